The number of hydrogen-bond acceptors (Lipinski definition) is 7. The zero-order valence-electron chi connectivity index (χ0n) is 19.7. The van der Waals surface area contributed by atoms with E-state index >= 15 is 0 Å². The summed E-state index contributed by atoms with van der Waals surface area (Å²) in [5.74, 6) is 1.10. The molecule has 0 atom stereocenters. The molecule has 0 saturated heterocycles. The SMILES string of the molecule is C[Si](C)(C)CCOCOc1ncncc1-c1cc(OCc2ccccn2)nc2c1CCCC2. The topological polar surface area (TPSA) is 79.2 Å². The molecule has 0 aromatic carbocycles. The van der Waals surface area contributed by atoms with Gasteiger partial charge < -0.3 is 14.2 Å². The molecule has 174 valence electrons. The smallest absolute Gasteiger partial charge is 0.226 e. The summed E-state index contributed by atoms with van der Waals surface area (Å²) in [6, 6.07) is 8.86. The minimum absolute atomic E-state index is 0.171. The third-order valence-electron chi connectivity index (χ3n) is 5.61. The van der Waals surface area contributed by atoms with Crippen molar-refractivity contribution in [1.29, 1.82) is 0 Å². The van der Waals surface area contributed by atoms with Gasteiger partial charge in [0.05, 0.1) is 11.3 Å². The van der Waals surface area contributed by atoms with Gasteiger partial charge in [-0.2, -0.15) is 0 Å². The van der Waals surface area contributed by atoms with Crippen LogP contribution >= 0.6 is 0 Å². The number of pyridine rings is 2. The number of aromatic nitrogens is 4. The quantitative estimate of drug-likeness (QED) is 0.235. The number of hydrogen-bond donors (Lipinski definition) is 0. The summed E-state index contributed by atoms with van der Waals surface area (Å²) in [5, 5.41) is 0. The Kier molecular flexibility index (Phi) is 7.67. The average Bonchev–Trinajstić information content (AvgIpc) is 2.82. The van der Waals surface area contributed by atoms with Crippen molar-refractivity contribution >= 4 is 8.07 Å². The lowest BCUT2D eigenvalue weighted by molar-refractivity contribution is 0.0196. The van der Waals surface area contributed by atoms with Crippen LogP contribution in [0, 0.1) is 0 Å². The normalized spacial score (nSPS) is 13.4. The van der Waals surface area contributed by atoms with Gasteiger partial charge in [-0.25, -0.2) is 15.0 Å². The molecule has 0 fully saturated rings. The summed E-state index contributed by atoms with van der Waals surface area (Å²) in [6.45, 7) is 8.24. The molecular formula is C25H32N4O3Si. The van der Waals surface area contributed by atoms with Crippen LogP contribution in [0.3, 0.4) is 0 Å². The first-order valence-electron chi connectivity index (χ1n) is 11.6. The highest BCUT2D eigenvalue weighted by Gasteiger charge is 2.21. The maximum atomic E-state index is 6.03. The standard InChI is InChI=1S/C25H32N4O3Si/c1-33(2,3)13-12-30-18-32-25-22(15-26-17-28-25)21-14-24(29-23-10-5-4-9-20(21)23)31-16-19-8-6-7-11-27-19/h6-8,11,14-15,17H,4-5,9-10,12-13,16,18H2,1-3H3. The van der Waals surface area contributed by atoms with E-state index in [-0.39, 0.29) is 6.79 Å². The van der Waals surface area contributed by atoms with Crippen molar-refractivity contribution in [2.75, 3.05) is 13.4 Å². The van der Waals surface area contributed by atoms with Crippen LogP contribution in [-0.4, -0.2) is 41.4 Å². The molecule has 3 aromatic rings. The molecule has 0 spiro atoms. The highest BCUT2D eigenvalue weighted by molar-refractivity contribution is 6.76. The fourth-order valence-corrected chi connectivity index (χ4v) is 4.53. The molecule has 0 unspecified atom stereocenters. The van der Waals surface area contributed by atoms with E-state index in [1.807, 2.05) is 24.3 Å². The minimum Gasteiger partial charge on any atom is -0.471 e. The Hall–Kier alpha value is -2.84. The average molecular weight is 465 g/mol. The first-order valence-corrected chi connectivity index (χ1v) is 15.3. The number of ether oxygens (including phenoxy) is 3. The zero-order valence-corrected chi connectivity index (χ0v) is 20.7. The van der Waals surface area contributed by atoms with Crippen molar-refractivity contribution in [1.82, 2.24) is 19.9 Å². The van der Waals surface area contributed by atoms with Crippen LogP contribution in [0.2, 0.25) is 25.7 Å². The summed E-state index contributed by atoms with van der Waals surface area (Å²) in [5.41, 5.74) is 5.03. The molecule has 1 aliphatic rings. The Morgan fingerprint density at radius 3 is 2.70 bits per heavy atom. The highest BCUT2D eigenvalue weighted by atomic mass is 28.3. The van der Waals surface area contributed by atoms with E-state index < -0.39 is 8.07 Å². The second-order valence-electron chi connectivity index (χ2n) is 9.47. The third kappa shape index (κ3) is 6.58. The van der Waals surface area contributed by atoms with Gasteiger partial charge in [0.2, 0.25) is 11.8 Å². The van der Waals surface area contributed by atoms with Gasteiger partial charge in [0.15, 0.2) is 6.79 Å². The summed E-state index contributed by atoms with van der Waals surface area (Å²) in [7, 11) is -1.14. The van der Waals surface area contributed by atoms with E-state index in [2.05, 4.69) is 34.6 Å². The minimum atomic E-state index is -1.14. The van der Waals surface area contributed by atoms with E-state index in [0.29, 0.717) is 25.0 Å². The molecule has 0 amide bonds. The largest absolute Gasteiger partial charge is 0.471 e. The van der Waals surface area contributed by atoms with Gasteiger partial charge in [-0.05, 0) is 55.0 Å². The Labute approximate surface area is 196 Å². The lowest BCUT2D eigenvalue weighted by Gasteiger charge is -2.21. The van der Waals surface area contributed by atoms with Crippen LogP contribution in [0.5, 0.6) is 11.8 Å². The predicted molar refractivity (Wildman–Crippen MR) is 130 cm³/mol. The molecule has 7 nitrogen and oxygen atoms in total. The van der Waals surface area contributed by atoms with E-state index in [4.69, 9.17) is 19.2 Å². The van der Waals surface area contributed by atoms with Gasteiger partial charge in [0.1, 0.15) is 12.9 Å². The van der Waals surface area contributed by atoms with Crippen molar-refractivity contribution in [3.8, 4) is 22.9 Å². The fraction of sp³-hybridized carbons (Fsp3) is 0.440. The first-order chi connectivity index (χ1) is 16.0. The first kappa shape index (κ1) is 23.3. The molecule has 3 aromatic heterocycles. The third-order valence-corrected chi connectivity index (χ3v) is 7.32. The Morgan fingerprint density at radius 1 is 1.00 bits per heavy atom. The van der Waals surface area contributed by atoms with Gasteiger partial charge in [-0.15, -0.1) is 0 Å². The zero-order chi connectivity index (χ0) is 23.1. The van der Waals surface area contributed by atoms with Crippen molar-refractivity contribution in [2.24, 2.45) is 0 Å². The number of rotatable bonds is 10. The molecule has 0 radical (unpaired) electrons. The van der Waals surface area contributed by atoms with Crippen LogP contribution in [0.1, 0.15) is 29.8 Å². The van der Waals surface area contributed by atoms with Crippen molar-refractivity contribution in [2.45, 2.75) is 58.0 Å². The maximum absolute atomic E-state index is 6.03. The van der Waals surface area contributed by atoms with Crippen molar-refractivity contribution in [3.63, 3.8) is 0 Å². The maximum Gasteiger partial charge on any atom is 0.226 e. The fourth-order valence-electron chi connectivity index (χ4n) is 3.78. The van der Waals surface area contributed by atoms with Crippen molar-refractivity contribution < 1.29 is 14.2 Å². The van der Waals surface area contributed by atoms with E-state index in [9.17, 15) is 0 Å². The molecule has 8 heteroatoms. The van der Waals surface area contributed by atoms with Crippen molar-refractivity contribution in [3.05, 3.63) is 59.9 Å². The molecule has 0 saturated carbocycles. The summed E-state index contributed by atoms with van der Waals surface area (Å²) < 4.78 is 17.7. The summed E-state index contributed by atoms with van der Waals surface area (Å²) in [4.78, 5) is 17.8. The molecular weight excluding hydrogens is 432 g/mol. The van der Waals surface area contributed by atoms with E-state index in [1.54, 1.807) is 12.4 Å². The molecule has 0 aliphatic heterocycles. The predicted octanol–water partition coefficient (Wildman–Crippen LogP) is 5.08. The van der Waals surface area contributed by atoms with Gasteiger partial charge in [0, 0.05) is 38.8 Å². The molecule has 1 aliphatic carbocycles. The number of aryl methyl sites for hydroxylation is 1. The van der Waals surface area contributed by atoms with Crippen LogP contribution in [0.4, 0.5) is 0 Å². The Morgan fingerprint density at radius 2 is 1.88 bits per heavy atom. The van der Waals surface area contributed by atoms with Crippen LogP contribution in [0.15, 0.2) is 43.0 Å². The molecule has 33 heavy (non-hydrogen) atoms. The number of nitrogens with zero attached hydrogens (tertiary/aromatic N) is 4. The van der Waals surface area contributed by atoms with Gasteiger partial charge in [-0.1, -0.05) is 25.7 Å². The lowest BCUT2D eigenvalue weighted by atomic mass is 9.90. The van der Waals surface area contributed by atoms with Crippen LogP contribution in [-0.2, 0) is 24.2 Å². The second kappa shape index (κ2) is 10.9. The molecule has 0 N–H and O–H groups in total. The van der Waals surface area contributed by atoms with E-state index in [0.717, 1.165) is 54.2 Å². The summed E-state index contributed by atoms with van der Waals surface area (Å²) >= 11 is 0. The second-order valence-corrected chi connectivity index (χ2v) is 15.1. The number of fused-ring (bicyclic) bond motifs is 1. The molecule has 4 rings (SSSR count). The molecule has 0 bridgehead atoms. The van der Waals surface area contributed by atoms with Gasteiger partial charge in [0.25, 0.3) is 0 Å². The van der Waals surface area contributed by atoms with E-state index in [1.165, 1.54) is 11.9 Å². The van der Waals surface area contributed by atoms with Gasteiger partial charge >= 0.3 is 0 Å². The van der Waals surface area contributed by atoms with Crippen LogP contribution in [0.25, 0.3) is 11.1 Å². The summed E-state index contributed by atoms with van der Waals surface area (Å²) in [6.07, 6.45) is 9.25. The Bertz CT molecular complexity index is 1060. The van der Waals surface area contributed by atoms with Crippen LogP contribution < -0.4 is 9.47 Å². The Balaban J connectivity index is 1.55. The highest BCUT2D eigenvalue weighted by Crippen LogP contribution is 2.36. The van der Waals surface area contributed by atoms with Gasteiger partial charge in [-0.3, -0.25) is 4.98 Å². The lowest BCUT2D eigenvalue weighted by Crippen LogP contribution is -2.22. The monoisotopic (exact) mass is 464 g/mol. The molecule has 3 heterocycles.